The van der Waals surface area contributed by atoms with Crippen molar-refractivity contribution in [3.05, 3.63) is 53.6 Å². The van der Waals surface area contributed by atoms with E-state index in [4.69, 9.17) is 4.74 Å². The predicted octanol–water partition coefficient (Wildman–Crippen LogP) is 6.08. The molecule has 2 aromatic rings. The molecule has 0 spiro atoms. The molecule has 0 saturated heterocycles. The number of rotatable bonds is 8. The Morgan fingerprint density at radius 3 is 2.36 bits per heavy atom. The molecule has 2 aromatic carbocycles. The van der Waals surface area contributed by atoms with Crippen LogP contribution in [0.1, 0.15) is 61.9 Å². The zero-order valence-corrected chi connectivity index (χ0v) is 24.4. The number of benzene rings is 2. The van der Waals surface area contributed by atoms with Gasteiger partial charge in [-0.15, -0.1) is 0 Å². The van der Waals surface area contributed by atoms with Crippen molar-refractivity contribution in [3.8, 4) is 5.75 Å². The molecule has 1 aliphatic carbocycles. The number of amides is 3. The number of anilines is 2. The van der Waals surface area contributed by atoms with E-state index in [9.17, 15) is 27.9 Å². The summed E-state index contributed by atoms with van der Waals surface area (Å²) in [7, 11) is 2.10. The smallest absolute Gasteiger partial charge is 0.416 e. The summed E-state index contributed by atoms with van der Waals surface area (Å²) in [4.78, 5) is 30.3. The molecule has 3 N–H and O–H groups in total. The molecule has 2 aliphatic rings. The van der Waals surface area contributed by atoms with Crippen LogP contribution in [-0.4, -0.2) is 72.3 Å². The Morgan fingerprint density at radius 1 is 1.07 bits per heavy atom. The summed E-state index contributed by atoms with van der Waals surface area (Å²) in [5.41, 5.74) is -0.0628. The summed E-state index contributed by atoms with van der Waals surface area (Å²) in [6, 6.07) is 7.80. The van der Waals surface area contributed by atoms with E-state index in [1.165, 1.54) is 50.3 Å². The molecule has 0 radical (unpaired) electrons. The first-order chi connectivity index (χ1) is 19.9. The molecule has 42 heavy (non-hydrogen) atoms. The Kier molecular flexibility index (Phi) is 10.4. The first-order valence-electron chi connectivity index (χ1n) is 14.6. The highest BCUT2D eigenvalue weighted by Gasteiger charge is 2.34. The second-order valence-electron chi connectivity index (χ2n) is 11.7. The number of hydrogen-bond donors (Lipinski definition) is 3. The van der Waals surface area contributed by atoms with E-state index < -0.39 is 23.8 Å². The number of aliphatic hydroxyl groups is 1. The number of likely N-dealkylation sites (N-methyl/N-ethyl adjacent to an activating group) is 1. The molecule has 1 saturated carbocycles. The number of urea groups is 1. The van der Waals surface area contributed by atoms with Crippen LogP contribution >= 0.6 is 0 Å². The summed E-state index contributed by atoms with van der Waals surface area (Å²) >= 11 is 0. The minimum atomic E-state index is -4.47. The van der Waals surface area contributed by atoms with Gasteiger partial charge >= 0.3 is 12.2 Å². The molecule has 8 nitrogen and oxygen atoms in total. The number of ether oxygens (including phenoxy) is 1. The van der Waals surface area contributed by atoms with Crippen molar-refractivity contribution >= 4 is 23.3 Å². The lowest BCUT2D eigenvalue weighted by molar-refractivity contribution is -0.137. The fourth-order valence-electron chi connectivity index (χ4n) is 5.75. The van der Waals surface area contributed by atoms with Crippen LogP contribution in [0.4, 0.5) is 29.3 Å². The summed E-state index contributed by atoms with van der Waals surface area (Å²) in [5.74, 6) is 0.748. The van der Waals surface area contributed by atoms with Crippen LogP contribution < -0.4 is 15.4 Å². The average molecular weight is 591 g/mol. The lowest BCUT2D eigenvalue weighted by Crippen LogP contribution is -2.50. The lowest BCUT2D eigenvalue weighted by Gasteiger charge is -2.38. The van der Waals surface area contributed by atoms with E-state index in [0.29, 0.717) is 30.4 Å². The number of nitrogens with zero attached hydrogens (tertiary/aromatic N) is 2. The van der Waals surface area contributed by atoms with Gasteiger partial charge in [-0.3, -0.25) is 4.79 Å². The van der Waals surface area contributed by atoms with E-state index in [0.717, 1.165) is 18.7 Å². The van der Waals surface area contributed by atoms with Gasteiger partial charge in [-0.05, 0) is 75.2 Å². The Labute approximate surface area is 245 Å². The molecule has 3 amide bonds. The Bertz CT molecular complexity index is 1220. The third kappa shape index (κ3) is 8.16. The molecule has 1 fully saturated rings. The van der Waals surface area contributed by atoms with Gasteiger partial charge in [0, 0.05) is 36.9 Å². The number of nitrogens with one attached hydrogen (secondary N) is 2. The highest BCUT2D eigenvalue weighted by molar-refractivity contribution is 6.02. The summed E-state index contributed by atoms with van der Waals surface area (Å²) in [6.07, 6.45) is 1.66. The number of fused-ring (bicyclic) bond motifs is 1. The van der Waals surface area contributed by atoms with Crippen LogP contribution in [-0.2, 0) is 6.18 Å². The van der Waals surface area contributed by atoms with Gasteiger partial charge in [0.05, 0.1) is 23.8 Å². The van der Waals surface area contributed by atoms with Crippen LogP contribution in [0.5, 0.6) is 5.75 Å². The number of carbonyl (C=O) groups excluding carboxylic acids is 2. The normalized spacial score (nSPS) is 20.8. The van der Waals surface area contributed by atoms with Crippen molar-refractivity contribution < 1.29 is 32.6 Å². The zero-order chi connectivity index (χ0) is 30.4. The molecule has 4 rings (SSSR count). The van der Waals surface area contributed by atoms with Gasteiger partial charge in [-0.2, -0.15) is 13.2 Å². The molecule has 1 aliphatic heterocycles. The van der Waals surface area contributed by atoms with Gasteiger partial charge < -0.3 is 30.3 Å². The fourth-order valence-corrected chi connectivity index (χ4v) is 5.75. The van der Waals surface area contributed by atoms with Crippen LogP contribution in [0.25, 0.3) is 0 Å². The number of halogens is 3. The fraction of sp³-hybridized carbons (Fsp3) is 0.548. The standard InChI is InChI=1S/C31H41F3N4O4/c1-20-16-38(21(2)19-39)29(40)26-15-25(36-30(41)35-24-11-9-23(10-12-24)31(32,33)34)13-14-27(26)42-28(20)18-37(3)17-22-7-5-4-6-8-22/h9-15,20-22,28,39H,4-8,16-19H2,1-3H3,(H2,35,36,41)/t20-,21+,28-/m1/s1. The molecular formula is C31H41F3N4O4. The van der Waals surface area contributed by atoms with E-state index in [2.05, 4.69) is 29.5 Å². The molecule has 0 bridgehead atoms. The van der Waals surface area contributed by atoms with Crippen molar-refractivity contribution in [2.75, 3.05) is 43.9 Å². The lowest BCUT2D eigenvalue weighted by atomic mass is 9.89. The first-order valence-corrected chi connectivity index (χ1v) is 14.6. The number of hydrogen-bond acceptors (Lipinski definition) is 5. The van der Waals surface area contributed by atoms with Crippen LogP contribution in [0.15, 0.2) is 42.5 Å². The topological polar surface area (TPSA) is 94.1 Å². The highest BCUT2D eigenvalue weighted by Crippen LogP contribution is 2.32. The molecule has 3 atom stereocenters. The molecule has 1 heterocycles. The summed E-state index contributed by atoms with van der Waals surface area (Å²) in [5, 5.41) is 15.1. The zero-order valence-electron chi connectivity index (χ0n) is 24.4. The maximum atomic E-state index is 13.7. The average Bonchev–Trinajstić information content (AvgIpc) is 2.95. The second kappa shape index (κ2) is 13.8. The van der Waals surface area contributed by atoms with E-state index in [1.54, 1.807) is 24.0 Å². The number of alkyl halides is 3. The SMILES string of the molecule is C[C@@H]1CN([C@@H](C)CO)C(=O)c2cc(NC(=O)Nc3ccc(C(F)(F)F)cc3)ccc2O[C@@H]1CN(C)CC1CCCCC1. The van der Waals surface area contributed by atoms with E-state index >= 15 is 0 Å². The van der Waals surface area contributed by atoms with Gasteiger partial charge in [0.1, 0.15) is 11.9 Å². The Morgan fingerprint density at radius 2 is 1.71 bits per heavy atom. The van der Waals surface area contributed by atoms with Crippen molar-refractivity contribution in [2.45, 2.75) is 64.3 Å². The molecule has 230 valence electrons. The molecule has 0 aromatic heterocycles. The van der Waals surface area contributed by atoms with Gasteiger partial charge in [-0.1, -0.05) is 26.2 Å². The first kappa shape index (κ1) is 31.6. The van der Waals surface area contributed by atoms with Crippen LogP contribution in [0.3, 0.4) is 0 Å². The molecule has 0 unspecified atom stereocenters. The largest absolute Gasteiger partial charge is 0.488 e. The third-order valence-corrected chi connectivity index (χ3v) is 8.18. The van der Waals surface area contributed by atoms with Crippen molar-refractivity contribution in [1.29, 1.82) is 0 Å². The van der Waals surface area contributed by atoms with Crippen molar-refractivity contribution in [1.82, 2.24) is 9.80 Å². The van der Waals surface area contributed by atoms with Gasteiger partial charge in [-0.25, -0.2) is 4.79 Å². The number of aliphatic hydroxyl groups excluding tert-OH is 1. The van der Waals surface area contributed by atoms with Gasteiger partial charge in [0.15, 0.2) is 0 Å². The molecule has 11 heteroatoms. The quantitative estimate of drug-likeness (QED) is 0.347. The van der Waals surface area contributed by atoms with Crippen LogP contribution in [0, 0.1) is 11.8 Å². The highest BCUT2D eigenvalue weighted by atomic mass is 19.4. The maximum absolute atomic E-state index is 13.7. The summed E-state index contributed by atoms with van der Waals surface area (Å²) in [6.45, 7) is 5.71. The maximum Gasteiger partial charge on any atom is 0.416 e. The summed E-state index contributed by atoms with van der Waals surface area (Å²) < 4.78 is 45.0. The Balaban J connectivity index is 1.51. The van der Waals surface area contributed by atoms with Crippen LogP contribution in [0.2, 0.25) is 0 Å². The minimum Gasteiger partial charge on any atom is -0.488 e. The van der Waals surface area contributed by atoms with Gasteiger partial charge in [0.25, 0.3) is 5.91 Å². The van der Waals surface area contributed by atoms with Crippen molar-refractivity contribution in [3.63, 3.8) is 0 Å². The predicted molar refractivity (Wildman–Crippen MR) is 156 cm³/mol. The minimum absolute atomic E-state index is 0.00257. The van der Waals surface area contributed by atoms with Gasteiger partial charge in [0.2, 0.25) is 0 Å². The van der Waals surface area contributed by atoms with E-state index in [1.807, 2.05) is 0 Å². The van der Waals surface area contributed by atoms with Crippen molar-refractivity contribution in [2.24, 2.45) is 11.8 Å². The third-order valence-electron chi connectivity index (χ3n) is 8.18. The molecular weight excluding hydrogens is 549 g/mol. The van der Waals surface area contributed by atoms with E-state index in [-0.39, 0.29) is 35.8 Å². The second-order valence-corrected chi connectivity index (χ2v) is 11.7. The monoisotopic (exact) mass is 590 g/mol. The number of carbonyl (C=O) groups is 2. The Hall–Kier alpha value is -3.31.